The average Bonchev–Trinajstić information content (AvgIpc) is 2.61. The van der Waals surface area contributed by atoms with Crippen LogP contribution in [-0.2, 0) is 9.53 Å². The van der Waals surface area contributed by atoms with Gasteiger partial charge in [0, 0.05) is 19.3 Å². The van der Waals surface area contributed by atoms with Crippen LogP contribution in [0.25, 0.3) is 0 Å². The standard InChI is InChI=1S/C17H27N3O3/c1-14(17(21)18-8-13-22-2)19-9-11-20(12-10-19)15-4-6-16(23-3)7-5-15/h4-7,14H,8-13H2,1-3H3,(H,18,21)/p+1/t14-/m1/s1. The monoisotopic (exact) mass is 322 g/mol. The van der Waals surface area contributed by atoms with E-state index in [1.807, 2.05) is 19.1 Å². The predicted octanol–water partition coefficient (Wildman–Crippen LogP) is -0.449. The highest BCUT2D eigenvalue weighted by atomic mass is 16.5. The lowest BCUT2D eigenvalue weighted by molar-refractivity contribution is -0.914. The molecule has 2 N–H and O–H groups in total. The molecule has 1 aromatic carbocycles. The van der Waals surface area contributed by atoms with Gasteiger partial charge in [-0.05, 0) is 31.2 Å². The Morgan fingerprint density at radius 3 is 2.48 bits per heavy atom. The molecule has 1 amide bonds. The van der Waals surface area contributed by atoms with Gasteiger partial charge in [-0.1, -0.05) is 0 Å². The molecule has 0 radical (unpaired) electrons. The quantitative estimate of drug-likeness (QED) is 0.668. The first-order valence-electron chi connectivity index (χ1n) is 8.16. The van der Waals surface area contributed by atoms with E-state index in [1.165, 1.54) is 10.6 Å². The summed E-state index contributed by atoms with van der Waals surface area (Å²) in [5.74, 6) is 0.981. The first-order chi connectivity index (χ1) is 11.2. The highest BCUT2D eigenvalue weighted by molar-refractivity contribution is 5.79. The number of methoxy groups -OCH3 is 2. The second-order valence-electron chi connectivity index (χ2n) is 5.85. The maximum absolute atomic E-state index is 12.1. The van der Waals surface area contributed by atoms with Crippen molar-refractivity contribution in [3.63, 3.8) is 0 Å². The fourth-order valence-electron chi connectivity index (χ4n) is 2.89. The molecule has 1 atom stereocenters. The number of rotatable bonds is 7. The van der Waals surface area contributed by atoms with Gasteiger partial charge in [-0.3, -0.25) is 4.79 Å². The highest BCUT2D eigenvalue weighted by Gasteiger charge is 2.28. The van der Waals surface area contributed by atoms with Crippen molar-refractivity contribution in [3.8, 4) is 5.75 Å². The molecule has 128 valence electrons. The molecular formula is C17H28N3O3+. The van der Waals surface area contributed by atoms with E-state index in [-0.39, 0.29) is 11.9 Å². The average molecular weight is 322 g/mol. The molecule has 1 fully saturated rings. The minimum absolute atomic E-state index is 0.0233. The number of ether oxygens (including phenoxy) is 2. The van der Waals surface area contributed by atoms with Gasteiger partial charge in [0.15, 0.2) is 6.04 Å². The van der Waals surface area contributed by atoms with E-state index >= 15 is 0 Å². The van der Waals surface area contributed by atoms with Crippen LogP contribution in [0.15, 0.2) is 24.3 Å². The van der Waals surface area contributed by atoms with Gasteiger partial charge in [0.1, 0.15) is 5.75 Å². The zero-order chi connectivity index (χ0) is 16.7. The Labute approximate surface area is 138 Å². The van der Waals surface area contributed by atoms with Crippen molar-refractivity contribution in [2.24, 2.45) is 0 Å². The summed E-state index contributed by atoms with van der Waals surface area (Å²) in [6, 6.07) is 8.13. The molecule has 0 aliphatic carbocycles. The van der Waals surface area contributed by atoms with Crippen LogP contribution >= 0.6 is 0 Å². The zero-order valence-electron chi connectivity index (χ0n) is 14.3. The molecule has 1 heterocycles. The van der Waals surface area contributed by atoms with Gasteiger partial charge in [0.25, 0.3) is 5.91 Å². The van der Waals surface area contributed by atoms with E-state index in [2.05, 4.69) is 22.3 Å². The van der Waals surface area contributed by atoms with Crippen molar-refractivity contribution >= 4 is 11.6 Å². The molecule has 23 heavy (non-hydrogen) atoms. The van der Waals surface area contributed by atoms with Crippen LogP contribution in [0.3, 0.4) is 0 Å². The fourth-order valence-corrected chi connectivity index (χ4v) is 2.89. The molecule has 1 aromatic rings. The van der Waals surface area contributed by atoms with Crippen molar-refractivity contribution in [3.05, 3.63) is 24.3 Å². The van der Waals surface area contributed by atoms with Crippen LogP contribution in [0.4, 0.5) is 5.69 Å². The fraction of sp³-hybridized carbons (Fsp3) is 0.588. The largest absolute Gasteiger partial charge is 0.497 e. The second-order valence-corrected chi connectivity index (χ2v) is 5.85. The first kappa shape index (κ1) is 17.6. The van der Waals surface area contributed by atoms with Gasteiger partial charge >= 0.3 is 0 Å². The van der Waals surface area contributed by atoms with Gasteiger partial charge < -0.3 is 24.6 Å². The number of hydrogen-bond donors (Lipinski definition) is 2. The number of anilines is 1. The lowest BCUT2D eigenvalue weighted by Gasteiger charge is -2.36. The summed E-state index contributed by atoms with van der Waals surface area (Å²) in [5.41, 5.74) is 1.21. The highest BCUT2D eigenvalue weighted by Crippen LogP contribution is 2.18. The van der Waals surface area contributed by atoms with E-state index in [4.69, 9.17) is 9.47 Å². The van der Waals surface area contributed by atoms with Crippen LogP contribution in [0.5, 0.6) is 5.75 Å². The Bertz CT molecular complexity index is 484. The molecule has 6 heteroatoms. The molecular weight excluding hydrogens is 294 g/mol. The number of nitrogens with zero attached hydrogens (tertiary/aromatic N) is 1. The molecule has 1 aliphatic heterocycles. The molecule has 0 saturated carbocycles. The summed E-state index contributed by atoms with van der Waals surface area (Å²) < 4.78 is 10.2. The number of quaternary nitrogens is 1. The van der Waals surface area contributed by atoms with Crippen LogP contribution < -0.4 is 19.9 Å². The third kappa shape index (κ3) is 4.84. The van der Waals surface area contributed by atoms with Crippen LogP contribution in [0.1, 0.15) is 6.92 Å². The molecule has 1 aliphatic rings. The molecule has 2 rings (SSSR count). The van der Waals surface area contributed by atoms with E-state index in [0.29, 0.717) is 13.2 Å². The normalized spacial score (nSPS) is 16.9. The Morgan fingerprint density at radius 1 is 1.26 bits per heavy atom. The smallest absolute Gasteiger partial charge is 0.278 e. The molecule has 0 aromatic heterocycles. The van der Waals surface area contributed by atoms with Crippen LogP contribution in [0.2, 0.25) is 0 Å². The van der Waals surface area contributed by atoms with Gasteiger partial charge in [-0.2, -0.15) is 0 Å². The molecule has 0 bridgehead atoms. The molecule has 1 saturated heterocycles. The number of carbonyl (C=O) groups is 1. The topological polar surface area (TPSA) is 55.2 Å². The van der Waals surface area contributed by atoms with E-state index < -0.39 is 0 Å². The van der Waals surface area contributed by atoms with Crippen molar-refractivity contribution < 1.29 is 19.2 Å². The molecule has 0 spiro atoms. The Hall–Kier alpha value is -1.79. The van der Waals surface area contributed by atoms with Crippen LogP contribution in [-0.4, -0.2) is 65.5 Å². The Kier molecular flexibility index (Phi) is 6.67. The van der Waals surface area contributed by atoms with E-state index in [1.54, 1.807) is 14.2 Å². The molecule has 6 nitrogen and oxygen atoms in total. The van der Waals surface area contributed by atoms with Gasteiger partial charge in [0.05, 0.1) is 39.9 Å². The number of carbonyl (C=O) groups excluding carboxylic acids is 1. The van der Waals surface area contributed by atoms with Gasteiger partial charge in [0.2, 0.25) is 0 Å². The number of benzene rings is 1. The van der Waals surface area contributed by atoms with Gasteiger partial charge in [-0.15, -0.1) is 0 Å². The van der Waals surface area contributed by atoms with Crippen LogP contribution in [0, 0.1) is 0 Å². The summed E-state index contributed by atoms with van der Waals surface area (Å²) in [6.07, 6.45) is 0. The second kappa shape index (κ2) is 8.74. The number of hydrogen-bond acceptors (Lipinski definition) is 4. The maximum Gasteiger partial charge on any atom is 0.278 e. The summed E-state index contributed by atoms with van der Waals surface area (Å²) >= 11 is 0. The van der Waals surface area contributed by atoms with E-state index in [0.717, 1.165) is 31.9 Å². The lowest BCUT2D eigenvalue weighted by Crippen LogP contribution is -3.19. The number of nitrogens with one attached hydrogen (secondary N) is 2. The van der Waals surface area contributed by atoms with Crippen molar-refractivity contribution in [1.29, 1.82) is 0 Å². The maximum atomic E-state index is 12.1. The van der Waals surface area contributed by atoms with Crippen molar-refractivity contribution in [1.82, 2.24) is 5.32 Å². The minimum Gasteiger partial charge on any atom is -0.497 e. The van der Waals surface area contributed by atoms with Crippen molar-refractivity contribution in [2.75, 3.05) is 58.5 Å². The predicted molar refractivity (Wildman–Crippen MR) is 90.3 cm³/mol. The summed E-state index contributed by atoms with van der Waals surface area (Å²) in [4.78, 5) is 15.8. The molecule has 0 unspecified atom stereocenters. The number of piperazine rings is 1. The SMILES string of the molecule is COCCNC(=O)[C@@H](C)[NH+]1CCN(c2ccc(OC)cc2)CC1. The number of amides is 1. The third-order valence-electron chi connectivity index (χ3n) is 4.45. The Balaban J connectivity index is 1.81. The summed E-state index contributed by atoms with van der Waals surface area (Å²) in [7, 11) is 3.31. The minimum atomic E-state index is -0.0233. The van der Waals surface area contributed by atoms with Crippen molar-refractivity contribution in [2.45, 2.75) is 13.0 Å². The first-order valence-corrected chi connectivity index (χ1v) is 8.16. The third-order valence-corrected chi connectivity index (χ3v) is 4.45. The zero-order valence-corrected chi connectivity index (χ0v) is 14.3. The Morgan fingerprint density at radius 2 is 1.91 bits per heavy atom. The lowest BCUT2D eigenvalue weighted by atomic mass is 10.2. The van der Waals surface area contributed by atoms with Gasteiger partial charge in [-0.25, -0.2) is 0 Å². The summed E-state index contributed by atoms with van der Waals surface area (Å²) in [5, 5.41) is 2.92. The summed E-state index contributed by atoms with van der Waals surface area (Å²) in [6.45, 7) is 6.97. The van der Waals surface area contributed by atoms with E-state index in [9.17, 15) is 4.79 Å².